The van der Waals surface area contributed by atoms with E-state index in [4.69, 9.17) is 19.8 Å². The van der Waals surface area contributed by atoms with Crippen molar-refractivity contribution >= 4 is 7.12 Å². The van der Waals surface area contributed by atoms with Gasteiger partial charge in [-0.3, -0.25) is 0 Å². The third-order valence-corrected chi connectivity index (χ3v) is 4.15. The molecule has 0 radical (unpaired) electrons. The molecular weight excluding hydrogens is 272 g/mol. The van der Waals surface area contributed by atoms with E-state index in [1.54, 1.807) is 12.1 Å². The number of benzene rings is 1. The van der Waals surface area contributed by atoms with Crippen LogP contribution in [-0.4, -0.2) is 30.9 Å². The number of nitrogens with two attached hydrogens (primary N) is 1. The highest BCUT2D eigenvalue weighted by Gasteiger charge is 2.52. The van der Waals surface area contributed by atoms with Crippen LogP contribution >= 0.6 is 0 Å². The van der Waals surface area contributed by atoms with E-state index in [9.17, 15) is 4.39 Å². The maximum absolute atomic E-state index is 12.8. The van der Waals surface area contributed by atoms with E-state index < -0.39 is 7.12 Å². The second-order valence-electron chi connectivity index (χ2n) is 6.38. The van der Waals surface area contributed by atoms with Gasteiger partial charge in [-0.05, 0) is 58.4 Å². The molecule has 0 spiro atoms. The van der Waals surface area contributed by atoms with Crippen molar-refractivity contribution in [3.05, 3.63) is 30.1 Å². The highest BCUT2D eigenvalue weighted by molar-refractivity contribution is 6.47. The van der Waals surface area contributed by atoms with Crippen LogP contribution in [0.5, 0.6) is 5.75 Å². The van der Waals surface area contributed by atoms with E-state index in [1.807, 2.05) is 27.7 Å². The van der Waals surface area contributed by atoms with Crippen molar-refractivity contribution in [3.8, 4) is 5.75 Å². The molecule has 1 saturated heterocycles. The number of hydrogen-bond acceptors (Lipinski definition) is 4. The zero-order valence-corrected chi connectivity index (χ0v) is 13.1. The Kier molecular flexibility index (Phi) is 4.61. The first-order valence-corrected chi connectivity index (χ1v) is 7.21. The minimum Gasteiger partial charge on any atom is -0.494 e. The molecule has 0 unspecified atom stereocenters. The molecule has 0 saturated carbocycles. The molecule has 0 aromatic heterocycles. The summed E-state index contributed by atoms with van der Waals surface area (Å²) in [5.74, 6) is 0.0697. The Bertz CT molecular complexity index is 462. The van der Waals surface area contributed by atoms with Gasteiger partial charge in [-0.2, -0.15) is 0 Å². The van der Waals surface area contributed by atoms with Gasteiger partial charge < -0.3 is 19.8 Å². The third kappa shape index (κ3) is 3.76. The topological polar surface area (TPSA) is 53.7 Å². The number of ether oxygens (including phenoxy) is 1. The fourth-order valence-corrected chi connectivity index (χ4v) is 2.04. The van der Waals surface area contributed by atoms with Crippen LogP contribution < -0.4 is 10.5 Å². The molecule has 1 fully saturated rings. The summed E-state index contributed by atoms with van der Waals surface area (Å²) in [7, 11) is -0.438. The second kappa shape index (κ2) is 5.95. The predicted molar refractivity (Wildman–Crippen MR) is 80.6 cm³/mol. The molecule has 4 nitrogen and oxygen atoms in total. The molecule has 1 aromatic carbocycles. The van der Waals surface area contributed by atoms with Crippen molar-refractivity contribution in [3.63, 3.8) is 0 Å². The quantitative estimate of drug-likeness (QED) is 0.848. The Morgan fingerprint density at radius 2 is 1.67 bits per heavy atom. The first-order chi connectivity index (χ1) is 9.71. The SMILES string of the molecule is CC1(C)OB([C@@H](N)CCOc2ccc(F)cc2)OC1(C)C. The predicted octanol–water partition coefficient (Wildman–Crippen LogP) is 2.55. The first kappa shape index (κ1) is 16.3. The van der Waals surface area contributed by atoms with Crippen LogP contribution in [0.1, 0.15) is 34.1 Å². The summed E-state index contributed by atoms with van der Waals surface area (Å²) in [6, 6.07) is 5.91. The van der Waals surface area contributed by atoms with E-state index in [1.165, 1.54) is 12.1 Å². The van der Waals surface area contributed by atoms with E-state index >= 15 is 0 Å². The summed E-state index contributed by atoms with van der Waals surface area (Å²) in [6.07, 6.45) is 0.591. The van der Waals surface area contributed by atoms with Crippen molar-refractivity contribution in [2.24, 2.45) is 5.73 Å². The third-order valence-electron chi connectivity index (χ3n) is 4.15. The van der Waals surface area contributed by atoms with Gasteiger partial charge in [-0.25, -0.2) is 4.39 Å². The molecule has 21 heavy (non-hydrogen) atoms. The van der Waals surface area contributed by atoms with Crippen molar-refractivity contribution in [2.75, 3.05) is 6.61 Å². The number of rotatable bonds is 5. The van der Waals surface area contributed by atoms with Crippen molar-refractivity contribution in [1.82, 2.24) is 0 Å². The molecular formula is C15H23BFNO3. The van der Waals surface area contributed by atoms with Gasteiger partial charge in [0.2, 0.25) is 0 Å². The van der Waals surface area contributed by atoms with Crippen molar-refractivity contribution < 1.29 is 18.4 Å². The Morgan fingerprint density at radius 1 is 1.14 bits per heavy atom. The number of hydrogen-bond donors (Lipinski definition) is 1. The van der Waals surface area contributed by atoms with Gasteiger partial charge in [0.15, 0.2) is 0 Å². The van der Waals surface area contributed by atoms with E-state index in [0.717, 1.165) is 0 Å². The summed E-state index contributed by atoms with van der Waals surface area (Å²) in [5, 5.41) is 0. The molecule has 2 N–H and O–H groups in total. The zero-order valence-electron chi connectivity index (χ0n) is 13.1. The molecule has 0 amide bonds. The number of halogens is 1. The lowest BCUT2D eigenvalue weighted by Crippen LogP contribution is -2.42. The van der Waals surface area contributed by atoms with Crippen LogP contribution in [0, 0.1) is 5.82 Å². The summed E-state index contributed by atoms with van der Waals surface area (Å²) < 4.78 is 30.1. The summed E-state index contributed by atoms with van der Waals surface area (Å²) in [4.78, 5) is 0. The lowest BCUT2D eigenvalue weighted by molar-refractivity contribution is 0.00578. The minimum absolute atomic E-state index is 0.272. The molecule has 1 atom stereocenters. The molecule has 1 aliphatic heterocycles. The Hall–Kier alpha value is -1.11. The van der Waals surface area contributed by atoms with E-state index in [2.05, 4.69) is 0 Å². The lowest BCUT2D eigenvalue weighted by atomic mass is 9.77. The van der Waals surface area contributed by atoms with Gasteiger partial charge in [0, 0.05) is 5.94 Å². The average molecular weight is 295 g/mol. The van der Waals surface area contributed by atoms with Gasteiger partial charge >= 0.3 is 7.12 Å². The largest absolute Gasteiger partial charge is 0.494 e. The fourth-order valence-electron chi connectivity index (χ4n) is 2.04. The lowest BCUT2D eigenvalue weighted by Gasteiger charge is -2.32. The van der Waals surface area contributed by atoms with Crippen molar-refractivity contribution in [2.45, 2.75) is 51.3 Å². The molecule has 6 heteroatoms. The molecule has 2 rings (SSSR count). The smallest absolute Gasteiger partial charge is 0.475 e. The van der Waals surface area contributed by atoms with Crippen LogP contribution in [0.25, 0.3) is 0 Å². The van der Waals surface area contributed by atoms with E-state index in [-0.39, 0.29) is 23.0 Å². The average Bonchev–Trinajstić information content (AvgIpc) is 2.61. The monoisotopic (exact) mass is 295 g/mol. The van der Waals surface area contributed by atoms with Gasteiger partial charge in [0.05, 0.1) is 17.8 Å². The van der Waals surface area contributed by atoms with E-state index in [0.29, 0.717) is 18.8 Å². The van der Waals surface area contributed by atoms with Crippen LogP contribution in [0.15, 0.2) is 24.3 Å². The minimum atomic E-state index is -0.438. The standard InChI is InChI=1S/C15H23BFNO3/c1-14(2)15(3,4)21-16(20-14)13(18)9-10-19-12-7-5-11(17)6-8-12/h5-8,13H,9-10,18H2,1-4H3/t13-/m0/s1. The summed E-state index contributed by atoms with van der Waals surface area (Å²) in [5.41, 5.74) is 5.36. The zero-order chi connectivity index (χ0) is 15.7. The fraction of sp³-hybridized carbons (Fsp3) is 0.600. The maximum atomic E-state index is 12.8. The van der Waals surface area contributed by atoms with Gasteiger partial charge in [0.25, 0.3) is 0 Å². The molecule has 0 aliphatic carbocycles. The van der Waals surface area contributed by atoms with Gasteiger partial charge in [-0.15, -0.1) is 0 Å². The van der Waals surface area contributed by atoms with Crippen LogP contribution in [0.2, 0.25) is 0 Å². The van der Waals surface area contributed by atoms with Crippen molar-refractivity contribution in [1.29, 1.82) is 0 Å². The molecule has 1 aliphatic rings. The van der Waals surface area contributed by atoms with Gasteiger partial charge in [0.1, 0.15) is 11.6 Å². The first-order valence-electron chi connectivity index (χ1n) is 7.21. The maximum Gasteiger partial charge on any atom is 0.475 e. The highest BCUT2D eigenvalue weighted by atomic mass is 19.1. The Morgan fingerprint density at radius 3 is 2.19 bits per heavy atom. The van der Waals surface area contributed by atoms with Crippen LogP contribution in [-0.2, 0) is 9.31 Å². The normalized spacial score (nSPS) is 21.3. The molecule has 116 valence electrons. The second-order valence-corrected chi connectivity index (χ2v) is 6.38. The van der Waals surface area contributed by atoms with Gasteiger partial charge in [-0.1, -0.05) is 0 Å². The summed E-state index contributed by atoms with van der Waals surface area (Å²) in [6.45, 7) is 8.41. The Labute approximate surface area is 125 Å². The summed E-state index contributed by atoms with van der Waals surface area (Å²) >= 11 is 0. The van der Waals surface area contributed by atoms with Crippen LogP contribution in [0.4, 0.5) is 4.39 Å². The molecule has 1 heterocycles. The molecule has 0 bridgehead atoms. The van der Waals surface area contributed by atoms with Crippen LogP contribution in [0.3, 0.4) is 0 Å². The molecule has 1 aromatic rings. The Balaban J connectivity index is 1.80. The highest BCUT2D eigenvalue weighted by Crippen LogP contribution is 2.37.